The van der Waals surface area contributed by atoms with Gasteiger partial charge in [-0.25, -0.2) is 9.79 Å². The van der Waals surface area contributed by atoms with Gasteiger partial charge < -0.3 is 14.6 Å². The number of carbonyl (C=O) groups excluding carboxylic acids is 1. The molecule has 3 aromatic carbocycles. The Balaban J connectivity index is 1.56. The van der Waals surface area contributed by atoms with Crippen LogP contribution in [0.5, 0.6) is 11.5 Å². The van der Waals surface area contributed by atoms with Crippen LogP contribution in [0.15, 0.2) is 75.0 Å². The second-order valence-electron chi connectivity index (χ2n) is 7.63. The van der Waals surface area contributed by atoms with Crippen molar-refractivity contribution in [2.45, 2.75) is 6.61 Å². The van der Waals surface area contributed by atoms with Crippen molar-refractivity contribution in [3.8, 4) is 11.5 Å². The lowest BCUT2D eigenvalue weighted by Crippen LogP contribution is -2.23. The number of thioether (sulfide) groups is 1. The Kier molecular flexibility index (Phi) is 8.03. The molecule has 0 radical (unpaired) electrons. The zero-order valence-electron chi connectivity index (χ0n) is 19.2. The summed E-state index contributed by atoms with van der Waals surface area (Å²) in [4.78, 5) is 30.3. The number of ether oxygens (including phenoxy) is 2. The van der Waals surface area contributed by atoms with Crippen molar-refractivity contribution in [3.63, 3.8) is 0 Å². The van der Waals surface area contributed by atoms with Crippen molar-refractivity contribution in [2.75, 3.05) is 14.2 Å². The summed E-state index contributed by atoms with van der Waals surface area (Å²) in [5, 5.41) is 10.2. The van der Waals surface area contributed by atoms with Crippen molar-refractivity contribution in [1.82, 2.24) is 4.90 Å². The number of rotatable bonds is 7. The molecule has 10 heteroatoms. The van der Waals surface area contributed by atoms with Crippen LogP contribution in [0.3, 0.4) is 0 Å². The van der Waals surface area contributed by atoms with Gasteiger partial charge in [0.25, 0.3) is 5.91 Å². The first kappa shape index (κ1) is 25.8. The highest BCUT2D eigenvalue weighted by Crippen LogP contribution is 2.38. The lowest BCUT2D eigenvalue weighted by atomic mass is 10.1. The maximum Gasteiger partial charge on any atom is 0.335 e. The molecular weight excluding hydrogens is 568 g/mol. The van der Waals surface area contributed by atoms with Crippen molar-refractivity contribution >= 4 is 68.1 Å². The molecule has 1 heterocycles. The lowest BCUT2D eigenvalue weighted by Gasteiger charge is -2.13. The molecule has 0 aliphatic carbocycles. The fourth-order valence-electron chi connectivity index (χ4n) is 3.29. The summed E-state index contributed by atoms with van der Waals surface area (Å²) in [5.41, 5.74) is 2.30. The highest BCUT2D eigenvalue weighted by molar-refractivity contribution is 9.10. The Morgan fingerprint density at radius 3 is 2.56 bits per heavy atom. The van der Waals surface area contributed by atoms with Gasteiger partial charge in [-0.05, 0) is 65.9 Å². The Morgan fingerprint density at radius 2 is 1.89 bits per heavy atom. The predicted octanol–water partition coefficient (Wildman–Crippen LogP) is 6.62. The first-order valence-corrected chi connectivity index (χ1v) is 12.6. The van der Waals surface area contributed by atoms with Crippen LogP contribution in [-0.2, 0) is 11.4 Å². The Hall–Kier alpha value is -3.27. The van der Waals surface area contributed by atoms with E-state index >= 15 is 0 Å². The highest BCUT2D eigenvalue weighted by atomic mass is 79.9. The van der Waals surface area contributed by atoms with Gasteiger partial charge in [-0.3, -0.25) is 9.69 Å². The average Bonchev–Trinajstić information content (AvgIpc) is 3.12. The normalized spacial score (nSPS) is 15.6. The molecular formula is C26H20BrClN2O5S. The molecule has 0 atom stereocenters. The molecule has 1 aliphatic rings. The van der Waals surface area contributed by atoms with Crippen LogP contribution in [-0.4, -0.2) is 41.2 Å². The summed E-state index contributed by atoms with van der Waals surface area (Å²) in [6.07, 6.45) is 1.75. The summed E-state index contributed by atoms with van der Waals surface area (Å²) < 4.78 is 12.2. The van der Waals surface area contributed by atoms with E-state index in [0.717, 1.165) is 15.6 Å². The molecule has 1 aliphatic heterocycles. The Labute approximate surface area is 225 Å². The number of hydrogen-bond donors (Lipinski definition) is 1. The van der Waals surface area contributed by atoms with Gasteiger partial charge >= 0.3 is 5.97 Å². The SMILES string of the molecule is COc1cc(C=C2SC(=Nc3ccc(C(=O)O)cc3)N(C)C2=O)c(Br)cc1OCc1ccccc1Cl. The fourth-order valence-corrected chi connectivity index (χ4v) is 4.89. The van der Waals surface area contributed by atoms with Crippen molar-refractivity contribution in [2.24, 2.45) is 4.99 Å². The third-order valence-electron chi connectivity index (χ3n) is 5.25. The van der Waals surface area contributed by atoms with Crippen LogP contribution in [0, 0.1) is 0 Å². The molecule has 36 heavy (non-hydrogen) atoms. The minimum absolute atomic E-state index is 0.168. The van der Waals surface area contributed by atoms with Gasteiger partial charge in [-0.15, -0.1) is 0 Å². The van der Waals surface area contributed by atoms with Crippen LogP contribution in [0.1, 0.15) is 21.5 Å². The van der Waals surface area contributed by atoms with Crippen LogP contribution < -0.4 is 9.47 Å². The maximum absolute atomic E-state index is 12.9. The minimum atomic E-state index is -1.01. The quantitative estimate of drug-likeness (QED) is 0.313. The standard InChI is InChI=1S/C26H20BrClN2O5S/c1-30-24(31)23(36-26(30)29-18-9-7-15(8-10-18)25(32)33)12-17-11-21(34-2)22(13-19(17)27)35-14-16-5-3-4-6-20(16)28/h3-13H,14H2,1-2H3,(H,32,33). The molecule has 1 N–H and O–H groups in total. The second-order valence-corrected chi connectivity index (χ2v) is 9.90. The van der Waals surface area contributed by atoms with E-state index in [-0.39, 0.29) is 18.1 Å². The van der Waals surface area contributed by atoms with Crippen molar-refractivity contribution in [1.29, 1.82) is 0 Å². The number of likely N-dealkylation sites (N-methyl/N-ethyl adjacent to an activating group) is 1. The topological polar surface area (TPSA) is 88.4 Å². The van der Waals surface area contributed by atoms with Gasteiger partial charge in [-0.1, -0.05) is 45.7 Å². The number of methoxy groups -OCH3 is 1. The summed E-state index contributed by atoms with van der Waals surface area (Å²) in [7, 11) is 3.19. The van der Waals surface area contributed by atoms with Gasteiger partial charge in [0.1, 0.15) is 6.61 Å². The van der Waals surface area contributed by atoms with Crippen molar-refractivity contribution < 1.29 is 24.2 Å². The van der Waals surface area contributed by atoms with Crippen LogP contribution in [0.2, 0.25) is 5.02 Å². The van der Waals surface area contributed by atoms with Gasteiger partial charge in [0.2, 0.25) is 0 Å². The molecule has 1 fully saturated rings. The summed E-state index contributed by atoms with van der Waals surface area (Å²) >= 11 is 11.0. The number of hydrogen-bond acceptors (Lipinski definition) is 6. The number of nitrogens with zero attached hydrogens (tertiary/aromatic N) is 2. The van der Waals surface area contributed by atoms with Gasteiger partial charge in [0.05, 0.1) is 23.3 Å². The average molecular weight is 588 g/mol. The van der Waals surface area contributed by atoms with Gasteiger partial charge in [-0.2, -0.15) is 0 Å². The largest absolute Gasteiger partial charge is 0.493 e. The Morgan fingerprint density at radius 1 is 1.17 bits per heavy atom. The highest BCUT2D eigenvalue weighted by Gasteiger charge is 2.30. The first-order chi connectivity index (χ1) is 17.3. The van der Waals surface area contributed by atoms with Crippen LogP contribution >= 0.6 is 39.3 Å². The number of amidine groups is 1. The van der Waals surface area contributed by atoms with Crippen molar-refractivity contribution in [3.05, 3.63) is 91.8 Å². The number of amides is 1. The molecule has 0 aromatic heterocycles. The monoisotopic (exact) mass is 586 g/mol. The second kappa shape index (κ2) is 11.2. The van der Waals surface area contributed by atoms with E-state index in [2.05, 4.69) is 20.9 Å². The summed E-state index contributed by atoms with van der Waals surface area (Å²) in [5.74, 6) is -0.177. The van der Waals surface area contributed by atoms with Crippen LogP contribution in [0.4, 0.5) is 5.69 Å². The van der Waals surface area contributed by atoms with E-state index in [1.807, 2.05) is 18.2 Å². The molecule has 1 saturated heterocycles. The van der Waals surface area contributed by atoms with Gasteiger partial charge in [0.15, 0.2) is 16.7 Å². The van der Waals surface area contributed by atoms with Gasteiger partial charge in [0, 0.05) is 22.1 Å². The number of benzene rings is 3. The molecule has 0 saturated carbocycles. The number of aliphatic imine (C=N–C) groups is 1. The number of carbonyl (C=O) groups is 2. The smallest absolute Gasteiger partial charge is 0.335 e. The molecule has 4 rings (SSSR count). The minimum Gasteiger partial charge on any atom is -0.493 e. The number of carboxylic acids is 1. The maximum atomic E-state index is 12.9. The molecule has 3 aromatic rings. The molecule has 184 valence electrons. The van der Waals surface area contributed by atoms with E-state index < -0.39 is 5.97 Å². The lowest BCUT2D eigenvalue weighted by molar-refractivity contribution is -0.121. The van der Waals surface area contributed by atoms with E-state index in [1.165, 1.54) is 28.8 Å². The van der Waals surface area contributed by atoms with Crippen LogP contribution in [0.25, 0.3) is 6.08 Å². The number of halogens is 2. The summed E-state index contributed by atoms with van der Waals surface area (Å²) in [6, 6.07) is 17.2. The first-order valence-electron chi connectivity index (χ1n) is 10.6. The molecule has 0 unspecified atom stereocenters. The molecule has 1 amide bonds. The zero-order valence-corrected chi connectivity index (χ0v) is 22.4. The number of aromatic carboxylic acids is 1. The summed E-state index contributed by atoms with van der Waals surface area (Å²) in [6.45, 7) is 0.273. The Bertz CT molecular complexity index is 1390. The molecule has 0 spiro atoms. The van der Waals surface area contributed by atoms with E-state index in [1.54, 1.807) is 50.6 Å². The third kappa shape index (κ3) is 5.75. The molecule has 0 bridgehead atoms. The third-order valence-corrected chi connectivity index (χ3v) is 7.37. The van der Waals surface area contributed by atoms with E-state index in [4.69, 9.17) is 26.2 Å². The predicted molar refractivity (Wildman–Crippen MR) is 145 cm³/mol. The van der Waals surface area contributed by atoms with E-state index in [9.17, 15) is 9.59 Å². The number of carboxylic acid groups (broad SMARTS) is 1. The fraction of sp³-hybridized carbons (Fsp3) is 0.115. The zero-order chi connectivity index (χ0) is 25.8. The van der Waals surface area contributed by atoms with E-state index in [0.29, 0.717) is 32.3 Å². The molecule has 7 nitrogen and oxygen atoms in total.